The van der Waals surface area contributed by atoms with Crippen LogP contribution < -0.4 is 10.1 Å². The summed E-state index contributed by atoms with van der Waals surface area (Å²) in [5.74, 6) is 0.212. The summed E-state index contributed by atoms with van der Waals surface area (Å²) < 4.78 is 5.61. The van der Waals surface area contributed by atoms with Crippen molar-refractivity contribution >= 4 is 17.5 Å². The first-order chi connectivity index (χ1) is 8.61. The third-order valence-corrected chi connectivity index (χ3v) is 3.02. The Morgan fingerprint density at radius 2 is 1.94 bits per heavy atom. The van der Waals surface area contributed by atoms with Crippen LogP contribution in [0.25, 0.3) is 0 Å². The van der Waals surface area contributed by atoms with Gasteiger partial charge >= 0.3 is 0 Å². The number of hydrogen-bond donors (Lipinski definition) is 1. The Kier molecular flexibility index (Phi) is 3.50. The molecule has 5 nitrogen and oxygen atoms in total. The second-order valence-corrected chi connectivity index (χ2v) is 4.21. The van der Waals surface area contributed by atoms with E-state index >= 15 is 0 Å². The molecule has 96 valence electrons. The molecule has 1 N–H and O–H groups in total. The van der Waals surface area contributed by atoms with Gasteiger partial charge in [-0.15, -0.1) is 0 Å². The number of nitrogens with one attached hydrogen (secondary N) is 1. The van der Waals surface area contributed by atoms with E-state index < -0.39 is 6.10 Å². The lowest BCUT2D eigenvalue weighted by molar-refractivity contribution is -0.152. The summed E-state index contributed by atoms with van der Waals surface area (Å²) in [6.45, 7) is 0. The molecule has 1 atom stereocenters. The number of benzene rings is 1. The molecule has 1 fully saturated rings. The smallest absolute Gasteiger partial charge is 0.269 e. The molecule has 1 aliphatic rings. The Labute approximate surface area is 106 Å². The molecule has 0 bridgehead atoms. The first-order valence-corrected chi connectivity index (χ1v) is 5.86. The fourth-order valence-corrected chi connectivity index (χ4v) is 1.86. The number of piperidine rings is 1. The summed E-state index contributed by atoms with van der Waals surface area (Å²) >= 11 is 0. The topological polar surface area (TPSA) is 58.6 Å². The van der Waals surface area contributed by atoms with E-state index in [9.17, 15) is 9.59 Å². The number of nitrogens with zero attached hydrogens (tertiary/aromatic N) is 1. The van der Waals surface area contributed by atoms with Crippen LogP contribution in [0.3, 0.4) is 0 Å². The van der Waals surface area contributed by atoms with Gasteiger partial charge in [-0.1, -0.05) is 0 Å². The van der Waals surface area contributed by atoms with Crippen molar-refractivity contribution in [1.29, 1.82) is 0 Å². The largest absolute Gasteiger partial charge is 0.481 e. The van der Waals surface area contributed by atoms with Crippen molar-refractivity contribution < 1.29 is 14.3 Å². The Morgan fingerprint density at radius 3 is 2.56 bits per heavy atom. The molecular formula is C13H16N2O3. The van der Waals surface area contributed by atoms with E-state index in [1.54, 1.807) is 12.1 Å². The van der Waals surface area contributed by atoms with Crippen molar-refractivity contribution in [1.82, 2.24) is 4.90 Å². The van der Waals surface area contributed by atoms with Crippen molar-refractivity contribution in [2.75, 3.05) is 19.4 Å². The fourth-order valence-electron chi connectivity index (χ4n) is 1.86. The van der Waals surface area contributed by atoms with Gasteiger partial charge in [0.2, 0.25) is 5.91 Å². The summed E-state index contributed by atoms with van der Waals surface area (Å²) in [4.78, 5) is 24.3. The van der Waals surface area contributed by atoms with Crippen LogP contribution in [-0.2, 0) is 9.59 Å². The maximum Gasteiger partial charge on any atom is 0.269 e. The molecule has 5 heteroatoms. The second kappa shape index (κ2) is 5.08. The van der Waals surface area contributed by atoms with Gasteiger partial charge in [-0.25, -0.2) is 0 Å². The number of hydrogen-bond acceptors (Lipinski definition) is 4. The molecule has 1 aliphatic heterocycles. The number of likely N-dealkylation sites (tertiary alicyclic amines) is 1. The Morgan fingerprint density at radius 1 is 1.28 bits per heavy atom. The van der Waals surface area contributed by atoms with Gasteiger partial charge in [0.15, 0.2) is 6.10 Å². The van der Waals surface area contributed by atoms with Crippen molar-refractivity contribution in [3.8, 4) is 5.75 Å². The molecule has 18 heavy (non-hydrogen) atoms. The maximum absolute atomic E-state index is 11.8. The van der Waals surface area contributed by atoms with E-state index in [1.165, 1.54) is 7.05 Å². The zero-order valence-electron chi connectivity index (χ0n) is 10.5. The minimum absolute atomic E-state index is 0.148. The lowest BCUT2D eigenvalue weighted by atomic mass is 10.1. The normalized spacial score (nSPS) is 19.9. The van der Waals surface area contributed by atoms with E-state index in [2.05, 4.69) is 5.32 Å². The summed E-state index contributed by atoms with van der Waals surface area (Å²) in [5.41, 5.74) is 0.976. The maximum atomic E-state index is 11.8. The standard InChI is InChI=1S/C13H16N2O3/c1-14-9-3-5-10(6-4-9)18-11-7-8-12(16)15(2)13(11)17/h3-6,11,14H,7-8H2,1-2H3. The molecule has 0 radical (unpaired) electrons. The van der Waals surface area contributed by atoms with E-state index in [0.29, 0.717) is 18.6 Å². The van der Waals surface area contributed by atoms with E-state index in [4.69, 9.17) is 4.74 Å². The number of rotatable bonds is 3. The third kappa shape index (κ3) is 2.45. The molecule has 1 saturated heterocycles. The van der Waals surface area contributed by atoms with Crippen LogP contribution in [0.4, 0.5) is 5.69 Å². The molecule has 0 spiro atoms. The highest BCUT2D eigenvalue weighted by atomic mass is 16.5. The number of likely N-dealkylation sites (N-methyl/N-ethyl adjacent to an activating group) is 1. The molecule has 2 rings (SSSR count). The predicted molar refractivity (Wildman–Crippen MR) is 67.4 cm³/mol. The molecule has 0 aliphatic carbocycles. The average Bonchev–Trinajstić information content (AvgIpc) is 2.40. The molecule has 1 aromatic rings. The van der Waals surface area contributed by atoms with Crippen molar-refractivity contribution in [2.24, 2.45) is 0 Å². The number of carbonyl (C=O) groups is 2. The Bertz CT molecular complexity index is 456. The number of carbonyl (C=O) groups excluding carboxylic acids is 2. The van der Waals surface area contributed by atoms with Gasteiger partial charge in [0.1, 0.15) is 5.75 Å². The van der Waals surface area contributed by atoms with E-state index in [1.807, 2.05) is 19.2 Å². The average molecular weight is 248 g/mol. The highest BCUT2D eigenvalue weighted by molar-refractivity contribution is 5.99. The number of anilines is 1. The minimum Gasteiger partial charge on any atom is -0.481 e. The zero-order chi connectivity index (χ0) is 13.1. The summed E-state index contributed by atoms with van der Waals surface area (Å²) in [6.07, 6.45) is 0.227. The van der Waals surface area contributed by atoms with Crippen LogP contribution in [0.2, 0.25) is 0 Å². The molecule has 1 aromatic carbocycles. The highest BCUT2D eigenvalue weighted by Crippen LogP contribution is 2.21. The Balaban J connectivity index is 2.04. The van der Waals surface area contributed by atoms with Gasteiger partial charge in [0.05, 0.1) is 0 Å². The van der Waals surface area contributed by atoms with Gasteiger partial charge in [0, 0.05) is 32.6 Å². The molecule has 2 amide bonds. The summed E-state index contributed by atoms with van der Waals surface area (Å²) in [6, 6.07) is 7.35. The number of imide groups is 1. The molecule has 0 aromatic heterocycles. The van der Waals surface area contributed by atoms with Gasteiger partial charge < -0.3 is 10.1 Å². The first-order valence-electron chi connectivity index (χ1n) is 5.86. The van der Waals surface area contributed by atoms with E-state index in [0.717, 1.165) is 10.6 Å². The van der Waals surface area contributed by atoms with Crippen LogP contribution >= 0.6 is 0 Å². The summed E-state index contributed by atoms with van der Waals surface area (Å²) in [5, 5.41) is 3.00. The van der Waals surface area contributed by atoms with Gasteiger partial charge in [-0.3, -0.25) is 14.5 Å². The second-order valence-electron chi connectivity index (χ2n) is 4.21. The lowest BCUT2D eigenvalue weighted by Crippen LogP contribution is -2.47. The highest BCUT2D eigenvalue weighted by Gasteiger charge is 2.33. The lowest BCUT2D eigenvalue weighted by Gasteiger charge is -2.28. The van der Waals surface area contributed by atoms with E-state index in [-0.39, 0.29) is 11.8 Å². The van der Waals surface area contributed by atoms with Crippen molar-refractivity contribution in [3.05, 3.63) is 24.3 Å². The predicted octanol–water partition coefficient (Wildman–Crippen LogP) is 1.25. The van der Waals surface area contributed by atoms with Gasteiger partial charge in [0.25, 0.3) is 5.91 Å². The third-order valence-electron chi connectivity index (χ3n) is 3.02. The zero-order valence-corrected chi connectivity index (χ0v) is 10.5. The number of ether oxygens (including phenoxy) is 1. The van der Waals surface area contributed by atoms with Gasteiger partial charge in [-0.05, 0) is 24.3 Å². The van der Waals surface area contributed by atoms with Crippen LogP contribution in [0.15, 0.2) is 24.3 Å². The molecular weight excluding hydrogens is 232 g/mol. The molecule has 1 unspecified atom stereocenters. The Hall–Kier alpha value is -2.04. The SMILES string of the molecule is CNc1ccc(OC2CCC(=O)N(C)C2=O)cc1. The molecule has 1 heterocycles. The quantitative estimate of drug-likeness (QED) is 0.818. The monoisotopic (exact) mass is 248 g/mol. The van der Waals surface area contributed by atoms with Crippen LogP contribution in [0, 0.1) is 0 Å². The molecule has 0 saturated carbocycles. The van der Waals surface area contributed by atoms with Crippen LogP contribution in [-0.4, -0.2) is 36.9 Å². The van der Waals surface area contributed by atoms with Gasteiger partial charge in [-0.2, -0.15) is 0 Å². The van der Waals surface area contributed by atoms with Crippen molar-refractivity contribution in [3.63, 3.8) is 0 Å². The van der Waals surface area contributed by atoms with Crippen molar-refractivity contribution in [2.45, 2.75) is 18.9 Å². The van der Waals surface area contributed by atoms with Crippen LogP contribution in [0.1, 0.15) is 12.8 Å². The van der Waals surface area contributed by atoms with Crippen LogP contribution in [0.5, 0.6) is 5.75 Å². The number of amides is 2. The summed E-state index contributed by atoms with van der Waals surface area (Å²) in [7, 11) is 3.32. The minimum atomic E-state index is -0.562. The first kappa shape index (κ1) is 12.4. The fraction of sp³-hybridized carbons (Fsp3) is 0.385.